The fourth-order valence-electron chi connectivity index (χ4n) is 4.01. The maximum atomic E-state index is 10.9. The quantitative estimate of drug-likeness (QED) is 0.858. The van der Waals surface area contributed by atoms with Gasteiger partial charge in [0.1, 0.15) is 0 Å². The van der Waals surface area contributed by atoms with E-state index in [0.29, 0.717) is 12.5 Å². The van der Waals surface area contributed by atoms with Crippen LogP contribution in [0.5, 0.6) is 0 Å². The van der Waals surface area contributed by atoms with Gasteiger partial charge in [0.25, 0.3) is 0 Å². The second-order valence-electron chi connectivity index (χ2n) is 7.72. The third-order valence-corrected chi connectivity index (χ3v) is 5.04. The molecule has 0 aromatic rings. The van der Waals surface area contributed by atoms with Crippen LogP contribution in [0.3, 0.4) is 0 Å². The van der Waals surface area contributed by atoms with Crippen LogP contribution < -0.4 is 0 Å². The van der Waals surface area contributed by atoms with Gasteiger partial charge in [-0.1, -0.05) is 33.6 Å². The van der Waals surface area contributed by atoms with E-state index in [1.807, 2.05) is 6.92 Å². The molecule has 1 aliphatic carbocycles. The first-order chi connectivity index (χ1) is 9.38. The van der Waals surface area contributed by atoms with Crippen LogP contribution in [0.1, 0.15) is 66.2 Å². The summed E-state index contributed by atoms with van der Waals surface area (Å²) in [6.07, 6.45) is 6.39. The summed E-state index contributed by atoms with van der Waals surface area (Å²) in [7, 11) is 0. The van der Waals surface area contributed by atoms with Gasteiger partial charge in [-0.25, -0.2) is 0 Å². The number of rotatable bonds is 4. The van der Waals surface area contributed by atoms with Crippen molar-refractivity contribution in [1.29, 1.82) is 0 Å². The molecule has 1 N–H and O–H groups in total. The lowest BCUT2D eigenvalue weighted by molar-refractivity contribution is -0.154. The van der Waals surface area contributed by atoms with Gasteiger partial charge in [-0.05, 0) is 43.9 Å². The molecule has 118 valence electrons. The highest BCUT2D eigenvalue weighted by atomic mass is 16.5. The van der Waals surface area contributed by atoms with Gasteiger partial charge in [-0.2, -0.15) is 0 Å². The summed E-state index contributed by atoms with van der Waals surface area (Å²) in [5, 5.41) is 10.9. The largest absolute Gasteiger partial charge is 0.390 e. The zero-order valence-corrected chi connectivity index (χ0v) is 13.7. The molecule has 1 saturated carbocycles. The monoisotopic (exact) mass is 284 g/mol. The van der Waals surface area contributed by atoms with Crippen LogP contribution in [0.25, 0.3) is 0 Å². The minimum Gasteiger partial charge on any atom is -0.390 e. The Morgan fingerprint density at radius 3 is 2.50 bits per heavy atom. The minimum atomic E-state index is -0.378. The van der Waals surface area contributed by atoms with Crippen molar-refractivity contribution in [1.82, 2.24) is 0 Å². The highest BCUT2D eigenvalue weighted by molar-refractivity contribution is 4.95. The lowest BCUT2D eigenvalue weighted by atomic mass is 9.75. The molecule has 3 unspecified atom stereocenters. The molecule has 0 radical (unpaired) electrons. The van der Waals surface area contributed by atoms with E-state index >= 15 is 0 Å². The lowest BCUT2D eigenvalue weighted by Gasteiger charge is -2.44. The number of aliphatic hydroxyl groups is 1. The summed E-state index contributed by atoms with van der Waals surface area (Å²) >= 11 is 0. The molecule has 1 saturated heterocycles. The summed E-state index contributed by atoms with van der Waals surface area (Å²) in [4.78, 5) is 0. The number of hydrogen-bond donors (Lipinski definition) is 1. The third kappa shape index (κ3) is 3.55. The van der Waals surface area contributed by atoms with Crippen molar-refractivity contribution in [2.45, 2.75) is 84.0 Å². The van der Waals surface area contributed by atoms with Gasteiger partial charge in [0.05, 0.1) is 17.8 Å². The molecule has 20 heavy (non-hydrogen) atoms. The summed E-state index contributed by atoms with van der Waals surface area (Å²) < 4.78 is 12.0. The van der Waals surface area contributed by atoms with Gasteiger partial charge in [0, 0.05) is 13.2 Å². The van der Waals surface area contributed by atoms with Crippen LogP contribution in [0.2, 0.25) is 0 Å². The summed E-state index contributed by atoms with van der Waals surface area (Å²) in [5.41, 5.74) is 0.0368. The van der Waals surface area contributed by atoms with Gasteiger partial charge >= 0.3 is 0 Å². The highest BCUT2D eigenvalue weighted by Gasteiger charge is 2.45. The smallest absolute Gasteiger partial charge is 0.0884 e. The standard InChI is InChI=1S/C17H32O3/c1-5-19-15(16(2,3)4)14(18)13-8-11-20-17(12-13)9-6-7-10-17/h13-15,18H,5-12H2,1-4H3. The molecule has 2 fully saturated rings. The molecule has 2 rings (SSSR count). The Hall–Kier alpha value is -0.120. The number of hydrogen-bond acceptors (Lipinski definition) is 3. The van der Waals surface area contributed by atoms with Crippen LogP contribution >= 0.6 is 0 Å². The minimum absolute atomic E-state index is 0.0312. The first-order valence-corrected chi connectivity index (χ1v) is 8.31. The maximum absolute atomic E-state index is 10.9. The SMILES string of the molecule is CCOC(C(O)C1CCOC2(CCCC2)C1)C(C)(C)C. The Balaban J connectivity index is 2.04. The molecular formula is C17H32O3. The molecule has 1 aliphatic heterocycles. The second-order valence-corrected chi connectivity index (χ2v) is 7.72. The van der Waals surface area contributed by atoms with Crippen molar-refractivity contribution < 1.29 is 14.6 Å². The van der Waals surface area contributed by atoms with Crippen LogP contribution in [0.4, 0.5) is 0 Å². The van der Waals surface area contributed by atoms with Gasteiger partial charge < -0.3 is 14.6 Å². The summed E-state index contributed by atoms with van der Waals surface area (Å²) in [5.74, 6) is 0.317. The van der Waals surface area contributed by atoms with E-state index in [9.17, 15) is 5.11 Å². The van der Waals surface area contributed by atoms with Crippen LogP contribution in [-0.4, -0.2) is 36.1 Å². The molecule has 0 aromatic heterocycles. The molecule has 3 atom stereocenters. The predicted octanol–water partition coefficient (Wildman–Crippen LogP) is 3.54. The predicted molar refractivity (Wildman–Crippen MR) is 80.8 cm³/mol. The van der Waals surface area contributed by atoms with Crippen molar-refractivity contribution in [3.05, 3.63) is 0 Å². The number of aliphatic hydroxyl groups excluding tert-OH is 1. The van der Waals surface area contributed by atoms with E-state index in [2.05, 4.69) is 20.8 Å². The van der Waals surface area contributed by atoms with Gasteiger partial charge in [0.15, 0.2) is 0 Å². The zero-order chi connectivity index (χ0) is 14.8. The van der Waals surface area contributed by atoms with E-state index in [1.54, 1.807) is 0 Å². The molecule has 0 bridgehead atoms. The van der Waals surface area contributed by atoms with E-state index in [0.717, 1.165) is 19.4 Å². The Morgan fingerprint density at radius 1 is 1.30 bits per heavy atom. The van der Waals surface area contributed by atoms with Crippen LogP contribution in [0, 0.1) is 11.3 Å². The fraction of sp³-hybridized carbons (Fsp3) is 1.00. The summed E-state index contributed by atoms with van der Waals surface area (Å²) in [6, 6.07) is 0. The summed E-state index contributed by atoms with van der Waals surface area (Å²) in [6.45, 7) is 9.93. The Kier molecular flexibility index (Phi) is 5.14. The van der Waals surface area contributed by atoms with Crippen LogP contribution in [0.15, 0.2) is 0 Å². The van der Waals surface area contributed by atoms with Crippen molar-refractivity contribution in [3.63, 3.8) is 0 Å². The molecule has 1 spiro atoms. The Morgan fingerprint density at radius 2 is 1.95 bits per heavy atom. The zero-order valence-electron chi connectivity index (χ0n) is 13.7. The van der Waals surface area contributed by atoms with E-state index < -0.39 is 0 Å². The van der Waals surface area contributed by atoms with E-state index in [1.165, 1.54) is 25.7 Å². The topological polar surface area (TPSA) is 38.7 Å². The number of ether oxygens (including phenoxy) is 2. The molecular weight excluding hydrogens is 252 g/mol. The van der Waals surface area contributed by atoms with Crippen molar-refractivity contribution >= 4 is 0 Å². The van der Waals surface area contributed by atoms with Crippen molar-refractivity contribution in [2.75, 3.05) is 13.2 Å². The van der Waals surface area contributed by atoms with E-state index in [4.69, 9.17) is 9.47 Å². The molecule has 2 aliphatic rings. The van der Waals surface area contributed by atoms with Gasteiger partial charge in [-0.3, -0.25) is 0 Å². The normalized spacial score (nSPS) is 29.6. The highest BCUT2D eigenvalue weighted by Crippen LogP contribution is 2.44. The molecule has 3 heteroatoms. The van der Waals surface area contributed by atoms with Crippen molar-refractivity contribution in [2.24, 2.45) is 11.3 Å². The molecule has 3 nitrogen and oxygen atoms in total. The average Bonchev–Trinajstić information content (AvgIpc) is 2.82. The first-order valence-electron chi connectivity index (χ1n) is 8.31. The van der Waals surface area contributed by atoms with Crippen LogP contribution in [-0.2, 0) is 9.47 Å². The van der Waals surface area contributed by atoms with Gasteiger partial charge in [0.2, 0.25) is 0 Å². The molecule has 0 aromatic carbocycles. The Bertz CT molecular complexity index is 302. The fourth-order valence-corrected chi connectivity index (χ4v) is 4.01. The Labute approximate surface area is 124 Å². The lowest BCUT2D eigenvalue weighted by Crippen LogP contribution is -2.49. The van der Waals surface area contributed by atoms with Gasteiger partial charge in [-0.15, -0.1) is 0 Å². The maximum Gasteiger partial charge on any atom is 0.0884 e. The average molecular weight is 284 g/mol. The first kappa shape index (κ1) is 16.3. The van der Waals surface area contributed by atoms with E-state index in [-0.39, 0.29) is 23.2 Å². The third-order valence-electron chi connectivity index (χ3n) is 5.04. The molecule has 1 heterocycles. The van der Waals surface area contributed by atoms with Crippen molar-refractivity contribution in [3.8, 4) is 0 Å². The second kappa shape index (κ2) is 6.33. The molecule has 0 amide bonds.